The van der Waals surface area contributed by atoms with Crippen LogP contribution >= 0.6 is 0 Å². The van der Waals surface area contributed by atoms with Crippen LogP contribution in [-0.2, 0) is 4.74 Å². The molecule has 0 saturated heterocycles. The van der Waals surface area contributed by atoms with E-state index in [1.54, 1.807) is 0 Å². The zero-order valence-electron chi connectivity index (χ0n) is 12.3. The average Bonchev–Trinajstić information content (AvgIpc) is 3.22. The zero-order valence-corrected chi connectivity index (χ0v) is 12.3. The molecule has 1 aromatic carbocycles. The summed E-state index contributed by atoms with van der Waals surface area (Å²) in [5.41, 5.74) is 1.43. The second-order valence-electron chi connectivity index (χ2n) is 5.98. The molecule has 0 spiro atoms. The summed E-state index contributed by atoms with van der Waals surface area (Å²) < 4.78 is 5.64. The average molecular weight is 261 g/mol. The van der Waals surface area contributed by atoms with Gasteiger partial charge in [0, 0.05) is 19.7 Å². The van der Waals surface area contributed by atoms with Gasteiger partial charge in [-0.2, -0.15) is 0 Å². The smallest absolute Gasteiger partial charge is 0.0591 e. The highest BCUT2D eigenvalue weighted by atomic mass is 16.5. The Kier molecular flexibility index (Phi) is 5.87. The van der Waals surface area contributed by atoms with Crippen molar-refractivity contribution in [1.82, 2.24) is 5.32 Å². The van der Waals surface area contributed by atoms with E-state index in [1.165, 1.54) is 18.4 Å². The summed E-state index contributed by atoms with van der Waals surface area (Å²) >= 11 is 0. The first kappa shape index (κ1) is 14.5. The summed E-state index contributed by atoms with van der Waals surface area (Å²) in [5, 5.41) is 3.53. The first-order chi connectivity index (χ1) is 9.27. The van der Waals surface area contributed by atoms with Crippen molar-refractivity contribution in [3.63, 3.8) is 0 Å². The quantitative estimate of drug-likeness (QED) is 0.688. The lowest BCUT2D eigenvalue weighted by atomic mass is 9.88. The molecule has 0 aromatic heterocycles. The molecule has 0 amide bonds. The summed E-state index contributed by atoms with van der Waals surface area (Å²) in [7, 11) is 0. The lowest BCUT2D eigenvalue weighted by Gasteiger charge is -2.22. The van der Waals surface area contributed by atoms with Gasteiger partial charge < -0.3 is 10.1 Å². The molecule has 1 aromatic rings. The van der Waals surface area contributed by atoms with E-state index >= 15 is 0 Å². The summed E-state index contributed by atoms with van der Waals surface area (Å²) in [6, 6.07) is 10.8. The van der Waals surface area contributed by atoms with Crippen LogP contribution in [0.1, 0.15) is 38.2 Å². The highest BCUT2D eigenvalue weighted by Gasteiger charge is 2.21. The normalized spacial score (nSPS) is 16.8. The van der Waals surface area contributed by atoms with E-state index < -0.39 is 0 Å². The van der Waals surface area contributed by atoms with Gasteiger partial charge in [0.25, 0.3) is 0 Å². The molecule has 19 heavy (non-hydrogen) atoms. The molecule has 0 bridgehead atoms. The molecule has 1 aliphatic carbocycles. The molecule has 1 fully saturated rings. The number of hydrogen-bond acceptors (Lipinski definition) is 2. The minimum absolute atomic E-state index is 0.588. The van der Waals surface area contributed by atoms with E-state index in [9.17, 15) is 0 Å². The van der Waals surface area contributed by atoms with Gasteiger partial charge in [0.2, 0.25) is 0 Å². The molecule has 1 N–H and O–H groups in total. The second kappa shape index (κ2) is 7.66. The maximum absolute atomic E-state index is 5.64. The van der Waals surface area contributed by atoms with Gasteiger partial charge in [0.05, 0.1) is 6.61 Å². The third-order valence-corrected chi connectivity index (χ3v) is 3.87. The number of hydrogen-bond donors (Lipinski definition) is 1. The third-order valence-electron chi connectivity index (χ3n) is 3.87. The summed E-state index contributed by atoms with van der Waals surface area (Å²) in [5.74, 6) is 2.11. The fraction of sp³-hybridized carbons (Fsp3) is 0.647. The Hall–Kier alpha value is -0.860. The molecule has 0 radical (unpaired) electrons. The molecule has 106 valence electrons. The zero-order chi connectivity index (χ0) is 13.5. The van der Waals surface area contributed by atoms with Crippen molar-refractivity contribution in [2.75, 3.05) is 26.3 Å². The van der Waals surface area contributed by atoms with Gasteiger partial charge in [-0.05, 0) is 36.2 Å². The predicted molar refractivity (Wildman–Crippen MR) is 80.4 cm³/mol. The van der Waals surface area contributed by atoms with Crippen LogP contribution in [0.25, 0.3) is 0 Å². The van der Waals surface area contributed by atoms with Crippen LogP contribution in [-0.4, -0.2) is 26.3 Å². The SMILES string of the molecule is CC(C)C(CNCCOCC1CC1)c1ccccc1. The first-order valence-corrected chi connectivity index (χ1v) is 7.60. The second-order valence-corrected chi connectivity index (χ2v) is 5.98. The molecule has 1 aliphatic rings. The largest absolute Gasteiger partial charge is 0.380 e. The van der Waals surface area contributed by atoms with Crippen LogP contribution in [0.5, 0.6) is 0 Å². The van der Waals surface area contributed by atoms with Gasteiger partial charge in [-0.25, -0.2) is 0 Å². The molecule has 1 atom stereocenters. The fourth-order valence-electron chi connectivity index (χ4n) is 2.38. The van der Waals surface area contributed by atoms with E-state index in [0.29, 0.717) is 11.8 Å². The molecule has 1 saturated carbocycles. The van der Waals surface area contributed by atoms with Crippen molar-refractivity contribution in [3.8, 4) is 0 Å². The van der Waals surface area contributed by atoms with Gasteiger partial charge in [-0.1, -0.05) is 44.2 Å². The minimum Gasteiger partial charge on any atom is -0.380 e. The highest BCUT2D eigenvalue weighted by Crippen LogP contribution is 2.28. The lowest BCUT2D eigenvalue weighted by molar-refractivity contribution is 0.125. The Labute approximate surface area is 117 Å². The van der Waals surface area contributed by atoms with Crippen LogP contribution < -0.4 is 5.32 Å². The fourth-order valence-corrected chi connectivity index (χ4v) is 2.38. The van der Waals surface area contributed by atoms with Gasteiger partial charge >= 0.3 is 0 Å². The molecule has 1 unspecified atom stereocenters. The third kappa shape index (κ3) is 5.33. The van der Waals surface area contributed by atoms with E-state index in [4.69, 9.17) is 4.74 Å². The molecule has 0 aliphatic heterocycles. The van der Waals surface area contributed by atoms with Crippen molar-refractivity contribution in [1.29, 1.82) is 0 Å². The Morgan fingerprint density at radius 1 is 1.21 bits per heavy atom. The van der Waals surface area contributed by atoms with E-state index in [0.717, 1.165) is 32.2 Å². The standard InChI is InChI=1S/C17H27NO/c1-14(2)17(16-6-4-3-5-7-16)12-18-10-11-19-13-15-8-9-15/h3-7,14-15,17-18H,8-13H2,1-2H3. The van der Waals surface area contributed by atoms with Crippen LogP contribution in [0.3, 0.4) is 0 Å². The number of ether oxygens (including phenoxy) is 1. The van der Waals surface area contributed by atoms with Crippen molar-refractivity contribution in [3.05, 3.63) is 35.9 Å². The van der Waals surface area contributed by atoms with E-state index in [-0.39, 0.29) is 0 Å². The number of rotatable bonds is 9. The van der Waals surface area contributed by atoms with E-state index in [2.05, 4.69) is 49.5 Å². The molecule has 2 nitrogen and oxygen atoms in total. The topological polar surface area (TPSA) is 21.3 Å². The maximum atomic E-state index is 5.64. The summed E-state index contributed by atoms with van der Waals surface area (Å²) in [4.78, 5) is 0. The lowest BCUT2D eigenvalue weighted by Crippen LogP contribution is -2.28. The Balaban J connectivity index is 1.65. The summed E-state index contributed by atoms with van der Waals surface area (Å²) in [6.45, 7) is 8.40. The van der Waals surface area contributed by atoms with Crippen LogP contribution in [0, 0.1) is 11.8 Å². The molecule has 2 heteroatoms. The van der Waals surface area contributed by atoms with Crippen molar-refractivity contribution >= 4 is 0 Å². The van der Waals surface area contributed by atoms with Gasteiger partial charge in [-0.3, -0.25) is 0 Å². The van der Waals surface area contributed by atoms with Crippen LogP contribution in [0.4, 0.5) is 0 Å². The van der Waals surface area contributed by atoms with Gasteiger partial charge in [0.15, 0.2) is 0 Å². The van der Waals surface area contributed by atoms with Gasteiger partial charge in [0.1, 0.15) is 0 Å². The minimum atomic E-state index is 0.588. The highest BCUT2D eigenvalue weighted by molar-refractivity contribution is 5.20. The Bertz CT molecular complexity index is 346. The molecule has 0 heterocycles. The van der Waals surface area contributed by atoms with Gasteiger partial charge in [-0.15, -0.1) is 0 Å². The number of benzene rings is 1. The predicted octanol–water partition coefficient (Wildman–Crippen LogP) is 3.44. The Morgan fingerprint density at radius 3 is 2.58 bits per heavy atom. The van der Waals surface area contributed by atoms with Crippen LogP contribution in [0.15, 0.2) is 30.3 Å². The van der Waals surface area contributed by atoms with Crippen molar-refractivity contribution in [2.45, 2.75) is 32.6 Å². The molecular weight excluding hydrogens is 234 g/mol. The number of nitrogens with one attached hydrogen (secondary N) is 1. The van der Waals surface area contributed by atoms with Crippen molar-refractivity contribution < 1.29 is 4.74 Å². The monoisotopic (exact) mass is 261 g/mol. The Morgan fingerprint density at radius 2 is 1.95 bits per heavy atom. The molecular formula is C17H27NO. The van der Waals surface area contributed by atoms with E-state index in [1.807, 2.05) is 0 Å². The molecule has 2 rings (SSSR count). The first-order valence-electron chi connectivity index (χ1n) is 7.60. The van der Waals surface area contributed by atoms with Crippen LogP contribution in [0.2, 0.25) is 0 Å². The maximum Gasteiger partial charge on any atom is 0.0591 e. The van der Waals surface area contributed by atoms with Crippen molar-refractivity contribution in [2.24, 2.45) is 11.8 Å². The summed E-state index contributed by atoms with van der Waals surface area (Å²) in [6.07, 6.45) is 2.74.